The van der Waals surface area contributed by atoms with Crippen molar-refractivity contribution in [3.63, 3.8) is 0 Å². The first kappa shape index (κ1) is 9.01. The number of fused-ring (bicyclic) bond motifs is 1. The molecule has 0 bridgehead atoms. The lowest BCUT2D eigenvalue weighted by atomic mass is 10.4. The van der Waals surface area contributed by atoms with Crippen LogP contribution >= 0.6 is 15.9 Å². The van der Waals surface area contributed by atoms with Gasteiger partial charge in [0.15, 0.2) is 0 Å². The quantitative estimate of drug-likeness (QED) is 0.807. The van der Waals surface area contributed by atoms with E-state index in [9.17, 15) is 4.79 Å². The molecular weight excluding hydrogens is 250 g/mol. The van der Waals surface area contributed by atoms with Crippen LogP contribution in [0.2, 0.25) is 0 Å². The first-order chi connectivity index (χ1) is 6.61. The van der Waals surface area contributed by atoms with Gasteiger partial charge in [0.25, 0.3) is 0 Å². The number of aromatic carboxylic acids is 1. The van der Waals surface area contributed by atoms with Crippen LogP contribution in [0, 0.1) is 0 Å². The van der Waals surface area contributed by atoms with Crippen molar-refractivity contribution in [3.05, 3.63) is 28.6 Å². The Labute approximate surface area is 87.3 Å². The summed E-state index contributed by atoms with van der Waals surface area (Å²) < 4.78 is 1.86. The number of nitrogen functional groups attached to an aromatic ring is 1. The molecule has 0 saturated heterocycles. The zero-order valence-corrected chi connectivity index (χ0v) is 8.52. The molecule has 3 N–H and O–H groups in total. The van der Waals surface area contributed by atoms with Gasteiger partial charge in [-0.15, -0.1) is 0 Å². The van der Waals surface area contributed by atoms with E-state index < -0.39 is 5.97 Å². The van der Waals surface area contributed by atoms with Gasteiger partial charge in [-0.2, -0.15) is 0 Å². The van der Waals surface area contributed by atoms with Crippen LogP contribution in [-0.4, -0.2) is 20.5 Å². The van der Waals surface area contributed by atoms with E-state index in [1.165, 1.54) is 4.40 Å². The smallest absolute Gasteiger partial charge is 0.372 e. The fraction of sp³-hybridized carbons (Fsp3) is 0. The van der Waals surface area contributed by atoms with Gasteiger partial charge in [0.05, 0.1) is 5.52 Å². The highest BCUT2D eigenvalue weighted by Crippen LogP contribution is 2.21. The molecule has 0 atom stereocenters. The van der Waals surface area contributed by atoms with Crippen LogP contribution in [0.15, 0.2) is 22.8 Å². The zero-order chi connectivity index (χ0) is 10.3. The summed E-state index contributed by atoms with van der Waals surface area (Å²) >= 11 is 3.17. The number of anilines is 1. The van der Waals surface area contributed by atoms with Crippen LogP contribution in [0.3, 0.4) is 0 Å². The summed E-state index contributed by atoms with van der Waals surface area (Å²) in [6.45, 7) is 0. The average Bonchev–Trinajstić information content (AvgIpc) is 2.46. The Balaban J connectivity index is 2.93. The standard InChI is InChI=1S/C8H6BrN3O2/c9-6-4-2-1-3-5(10)12(4)7(11-6)8(13)14/h1-3H,10H2,(H,13,14). The van der Waals surface area contributed by atoms with Crippen molar-refractivity contribution in [2.24, 2.45) is 0 Å². The molecule has 5 nitrogen and oxygen atoms in total. The van der Waals surface area contributed by atoms with E-state index in [-0.39, 0.29) is 5.82 Å². The number of carboxylic acid groups (broad SMARTS) is 1. The largest absolute Gasteiger partial charge is 0.475 e. The van der Waals surface area contributed by atoms with Gasteiger partial charge in [0.1, 0.15) is 10.4 Å². The van der Waals surface area contributed by atoms with Crippen molar-refractivity contribution in [2.45, 2.75) is 0 Å². The number of pyridine rings is 1. The number of nitrogens with two attached hydrogens (primary N) is 1. The molecule has 0 fully saturated rings. The van der Waals surface area contributed by atoms with Crippen molar-refractivity contribution < 1.29 is 9.90 Å². The Morgan fingerprint density at radius 2 is 2.29 bits per heavy atom. The molecular formula is C8H6BrN3O2. The highest BCUT2D eigenvalue weighted by atomic mass is 79.9. The van der Waals surface area contributed by atoms with Gasteiger partial charge in [-0.05, 0) is 28.1 Å². The maximum atomic E-state index is 10.8. The molecule has 6 heteroatoms. The first-order valence-electron chi connectivity index (χ1n) is 3.77. The molecule has 0 saturated carbocycles. The predicted molar refractivity (Wildman–Crippen MR) is 54.3 cm³/mol. The maximum Gasteiger partial charge on any atom is 0.372 e. The SMILES string of the molecule is Nc1cccc2c(Br)nc(C(=O)O)n12. The van der Waals surface area contributed by atoms with Gasteiger partial charge in [-0.3, -0.25) is 4.40 Å². The average molecular weight is 256 g/mol. The number of hydrogen-bond acceptors (Lipinski definition) is 3. The number of rotatable bonds is 1. The van der Waals surface area contributed by atoms with Gasteiger partial charge >= 0.3 is 5.97 Å². The van der Waals surface area contributed by atoms with E-state index in [0.717, 1.165) is 0 Å². The van der Waals surface area contributed by atoms with E-state index >= 15 is 0 Å². The zero-order valence-electron chi connectivity index (χ0n) is 6.94. The number of imidazole rings is 1. The van der Waals surface area contributed by atoms with Gasteiger partial charge in [0, 0.05) is 0 Å². The summed E-state index contributed by atoms with van der Waals surface area (Å²) in [5.74, 6) is -0.855. The van der Waals surface area contributed by atoms with Crippen molar-refractivity contribution in [1.29, 1.82) is 0 Å². The number of aromatic nitrogens is 2. The summed E-state index contributed by atoms with van der Waals surface area (Å²) in [4.78, 5) is 14.7. The topological polar surface area (TPSA) is 80.6 Å². The van der Waals surface area contributed by atoms with E-state index in [4.69, 9.17) is 10.8 Å². The highest BCUT2D eigenvalue weighted by molar-refractivity contribution is 9.10. The molecule has 2 aromatic rings. The van der Waals surface area contributed by atoms with Crippen LogP contribution in [0.5, 0.6) is 0 Å². The molecule has 2 rings (SSSR count). The normalized spacial score (nSPS) is 10.6. The fourth-order valence-corrected chi connectivity index (χ4v) is 1.74. The van der Waals surface area contributed by atoms with E-state index in [1.54, 1.807) is 18.2 Å². The summed E-state index contributed by atoms with van der Waals surface area (Å²) in [6.07, 6.45) is 0. The van der Waals surface area contributed by atoms with Gasteiger partial charge in [0.2, 0.25) is 5.82 Å². The molecule has 0 spiro atoms. The third-order valence-corrected chi connectivity index (χ3v) is 2.42. The minimum atomic E-state index is -1.11. The van der Waals surface area contributed by atoms with Gasteiger partial charge in [-0.25, -0.2) is 9.78 Å². The van der Waals surface area contributed by atoms with Crippen molar-refractivity contribution in [3.8, 4) is 0 Å². The second kappa shape index (κ2) is 2.98. The summed E-state index contributed by atoms with van der Waals surface area (Å²) in [7, 11) is 0. The molecule has 2 heterocycles. The molecule has 0 unspecified atom stereocenters. The second-order valence-electron chi connectivity index (χ2n) is 2.70. The Morgan fingerprint density at radius 1 is 1.57 bits per heavy atom. The third-order valence-electron chi connectivity index (χ3n) is 1.84. The van der Waals surface area contributed by atoms with Crippen LogP contribution < -0.4 is 5.73 Å². The van der Waals surface area contributed by atoms with E-state index in [2.05, 4.69) is 20.9 Å². The molecule has 72 valence electrons. The minimum absolute atomic E-state index is 0.0926. The molecule has 0 aliphatic rings. The summed E-state index contributed by atoms with van der Waals surface area (Å²) in [5.41, 5.74) is 6.29. The summed E-state index contributed by atoms with van der Waals surface area (Å²) in [6, 6.07) is 5.09. The lowest BCUT2D eigenvalue weighted by Gasteiger charge is -2.00. The van der Waals surface area contributed by atoms with E-state index in [1.807, 2.05) is 0 Å². The number of nitrogens with zero attached hydrogens (tertiary/aromatic N) is 2. The molecule has 2 aromatic heterocycles. The minimum Gasteiger partial charge on any atom is -0.475 e. The second-order valence-corrected chi connectivity index (χ2v) is 3.45. The Kier molecular flexibility index (Phi) is 1.92. The molecule has 14 heavy (non-hydrogen) atoms. The van der Waals surface area contributed by atoms with Crippen LogP contribution in [-0.2, 0) is 0 Å². The Morgan fingerprint density at radius 3 is 2.93 bits per heavy atom. The third kappa shape index (κ3) is 1.15. The molecule has 0 radical (unpaired) electrons. The van der Waals surface area contributed by atoms with Crippen LogP contribution in [0.25, 0.3) is 5.52 Å². The fourth-order valence-electron chi connectivity index (χ4n) is 1.27. The Bertz CT molecular complexity index is 521. The number of carboxylic acids is 1. The monoisotopic (exact) mass is 255 g/mol. The maximum absolute atomic E-state index is 10.8. The van der Waals surface area contributed by atoms with Gasteiger partial charge < -0.3 is 10.8 Å². The van der Waals surface area contributed by atoms with Crippen LogP contribution in [0.1, 0.15) is 10.6 Å². The van der Waals surface area contributed by atoms with E-state index in [0.29, 0.717) is 15.9 Å². The van der Waals surface area contributed by atoms with Crippen molar-refractivity contribution in [1.82, 2.24) is 9.38 Å². The first-order valence-corrected chi connectivity index (χ1v) is 4.56. The molecule has 0 aliphatic heterocycles. The number of carbonyl (C=O) groups is 1. The predicted octanol–water partition coefficient (Wildman–Crippen LogP) is 1.38. The molecule has 0 aromatic carbocycles. The molecule has 0 aliphatic carbocycles. The summed E-state index contributed by atoms with van der Waals surface area (Å²) in [5, 5.41) is 8.86. The van der Waals surface area contributed by atoms with Crippen molar-refractivity contribution in [2.75, 3.05) is 5.73 Å². The number of halogens is 1. The van der Waals surface area contributed by atoms with Crippen molar-refractivity contribution >= 4 is 33.2 Å². The van der Waals surface area contributed by atoms with Crippen LogP contribution in [0.4, 0.5) is 5.82 Å². The highest BCUT2D eigenvalue weighted by Gasteiger charge is 2.16. The Hall–Kier alpha value is -1.56. The molecule has 0 amide bonds. The number of hydrogen-bond donors (Lipinski definition) is 2. The van der Waals surface area contributed by atoms with Gasteiger partial charge in [-0.1, -0.05) is 6.07 Å². The lowest BCUT2D eigenvalue weighted by Crippen LogP contribution is -2.06. The lowest BCUT2D eigenvalue weighted by molar-refractivity contribution is 0.0683.